The number of fused-ring (bicyclic) bond motifs is 2. The minimum Gasteiger partial charge on any atom is -0.454 e. The van der Waals surface area contributed by atoms with E-state index in [1.54, 1.807) is 7.05 Å². The van der Waals surface area contributed by atoms with E-state index in [0.717, 1.165) is 47.3 Å². The molecular weight excluding hydrogens is 330 g/mol. The Kier molecular flexibility index (Phi) is 4.59. The van der Waals surface area contributed by atoms with Gasteiger partial charge in [-0.3, -0.25) is 4.99 Å². The minimum atomic E-state index is 0.290. The number of aromatic nitrogens is 2. The fourth-order valence-corrected chi connectivity index (χ4v) is 2.87. The van der Waals surface area contributed by atoms with Gasteiger partial charge >= 0.3 is 0 Å². The van der Waals surface area contributed by atoms with Gasteiger partial charge in [0.05, 0.1) is 5.69 Å². The van der Waals surface area contributed by atoms with Crippen molar-refractivity contribution in [1.82, 2.24) is 20.0 Å². The number of rotatable bonds is 5. The van der Waals surface area contributed by atoms with Gasteiger partial charge in [-0.2, -0.15) is 0 Å². The lowest BCUT2D eigenvalue weighted by molar-refractivity contribution is 0.174. The smallest absolute Gasteiger partial charge is 0.231 e. The first-order valence-electron chi connectivity index (χ1n) is 8.57. The van der Waals surface area contributed by atoms with Crippen molar-refractivity contribution in [3.8, 4) is 11.5 Å². The molecule has 0 saturated heterocycles. The maximum atomic E-state index is 5.41. The molecule has 0 aliphatic carbocycles. The highest BCUT2D eigenvalue weighted by Gasteiger charge is 2.13. The third-order valence-electron chi connectivity index (χ3n) is 4.21. The van der Waals surface area contributed by atoms with Crippen molar-refractivity contribution in [2.24, 2.45) is 4.99 Å². The number of nitrogens with one attached hydrogen (secondary N) is 2. The summed E-state index contributed by atoms with van der Waals surface area (Å²) in [4.78, 5) is 8.86. The van der Waals surface area contributed by atoms with E-state index in [9.17, 15) is 0 Å². The average molecular weight is 351 g/mol. The summed E-state index contributed by atoms with van der Waals surface area (Å²) >= 11 is 0. The molecule has 2 aromatic heterocycles. The number of benzene rings is 1. The molecule has 1 aromatic carbocycles. The second kappa shape index (κ2) is 7.35. The maximum absolute atomic E-state index is 5.41. The monoisotopic (exact) mass is 351 g/mol. The molecule has 0 spiro atoms. The molecule has 2 N–H and O–H groups in total. The highest BCUT2D eigenvalue weighted by molar-refractivity contribution is 5.79. The Hall–Kier alpha value is -3.22. The highest BCUT2D eigenvalue weighted by atomic mass is 16.7. The summed E-state index contributed by atoms with van der Waals surface area (Å²) in [6, 6.07) is 11.9. The fourth-order valence-electron chi connectivity index (χ4n) is 2.87. The SMILES string of the molecule is CN=C(NCCc1cn2ccccc2n1)NCc1ccc2c(c1)OCO2. The van der Waals surface area contributed by atoms with Crippen molar-refractivity contribution in [2.45, 2.75) is 13.0 Å². The molecule has 1 aliphatic heterocycles. The van der Waals surface area contributed by atoms with Crippen molar-refractivity contribution in [2.75, 3.05) is 20.4 Å². The highest BCUT2D eigenvalue weighted by Crippen LogP contribution is 2.32. The molecule has 7 nitrogen and oxygen atoms in total. The third-order valence-corrected chi connectivity index (χ3v) is 4.21. The van der Waals surface area contributed by atoms with Crippen LogP contribution < -0.4 is 20.1 Å². The second-order valence-electron chi connectivity index (χ2n) is 5.99. The molecule has 7 heteroatoms. The molecule has 0 fully saturated rings. The zero-order valence-corrected chi connectivity index (χ0v) is 14.6. The van der Waals surface area contributed by atoms with Crippen molar-refractivity contribution < 1.29 is 9.47 Å². The van der Waals surface area contributed by atoms with Crippen LogP contribution in [0.25, 0.3) is 5.65 Å². The van der Waals surface area contributed by atoms with Gasteiger partial charge in [0.2, 0.25) is 6.79 Å². The van der Waals surface area contributed by atoms with E-state index in [2.05, 4.69) is 26.8 Å². The first kappa shape index (κ1) is 16.3. The number of guanidine groups is 1. The van der Waals surface area contributed by atoms with Gasteiger partial charge in [-0.05, 0) is 29.8 Å². The Morgan fingerprint density at radius 2 is 2.12 bits per heavy atom. The molecule has 0 amide bonds. The summed E-state index contributed by atoms with van der Waals surface area (Å²) in [5, 5.41) is 6.63. The van der Waals surface area contributed by atoms with E-state index in [0.29, 0.717) is 13.3 Å². The summed E-state index contributed by atoms with van der Waals surface area (Å²) in [5.74, 6) is 2.34. The standard InChI is InChI=1S/C19H21N5O2/c1-20-19(22-11-14-5-6-16-17(10-14)26-13-25-16)21-8-7-15-12-24-9-3-2-4-18(24)23-15/h2-6,9-10,12H,7-8,11,13H2,1H3,(H2,20,21,22). The summed E-state index contributed by atoms with van der Waals surface area (Å²) in [7, 11) is 1.76. The molecule has 4 rings (SSSR count). The molecule has 0 radical (unpaired) electrons. The number of pyridine rings is 1. The number of hydrogen-bond acceptors (Lipinski definition) is 4. The number of hydrogen-bond donors (Lipinski definition) is 2. The quantitative estimate of drug-likeness (QED) is 0.543. The van der Waals surface area contributed by atoms with E-state index in [4.69, 9.17) is 9.47 Å². The Labute approximate surface area is 151 Å². The minimum absolute atomic E-state index is 0.290. The Balaban J connectivity index is 1.28. The van der Waals surface area contributed by atoms with Crippen molar-refractivity contribution in [3.05, 3.63) is 60.0 Å². The first-order chi connectivity index (χ1) is 12.8. The van der Waals surface area contributed by atoms with Crippen LogP contribution in [0.15, 0.2) is 53.8 Å². The molecular formula is C19H21N5O2. The second-order valence-corrected chi connectivity index (χ2v) is 5.99. The van der Waals surface area contributed by atoms with Crippen LogP contribution >= 0.6 is 0 Å². The fraction of sp³-hybridized carbons (Fsp3) is 0.263. The van der Waals surface area contributed by atoms with E-state index >= 15 is 0 Å². The van der Waals surface area contributed by atoms with Gasteiger partial charge in [0.15, 0.2) is 17.5 Å². The molecule has 0 unspecified atom stereocenters. The number of aliphatic imine (C=N–C) groups is 1. The lowest BCUT2D eigenvalue weighted by Gasteiger charge is -2.11. The molecule has 134 valence electrons. The summed E-state index contributed by atoms with van der Waals surface area (Å²) in [6.45, 7) is 1.70. The van der Waals surface area contributed by atoms with Crippen LogP contribution in [0.3, 0.4) is 0 Å². The van der Waals surface area contributed by atoms with Crippen LogP contribution in [0, 0.1) is 0 Å². The van der Waals surface area contributed by atoms with Gasteiger partial charge in [-0.25, -0.2) is 4.98 Å². The zero-order valence-electron chi connectivity index (χ0n) is 14.6. The van der Waals surface area contributed by atoms with Crippen LogP contribution in [0.5, 0.6) is 11.5 Å². The summed E-state index contributed by atoms with van der Waals surface area (Å²) in [5.41, 5.74) is 3.13. The summed E-state index contributed by atoms with van der Waals surface area (Å²) < 4.78 is 12.8. The molecule has 1 aliphatic rings. The Morgan fingerprint density at radius 1 is 1.19 bits per heavy atom. The van der Waals surface area contributed by atoms with Crippen LogP contribution in [0.2, 0.25) is 0 Å². The molecule has 0 atom stereocenters. The van der Waals surface area contributed by atoms with Gasteiger partial charge < -0.3 is 24.5 Å². The Morgan fingerprint density at radius 3 is 3.00 bits per heavy atom. The lowest BCUT2D eigenvalue weighted by atomic mass is 10.2. The molecule has 0 saturated carbocycles. The van der Waals surface area contributed by atoms with Gasteiger partial charge in [-0.15, -0.1) is 0 Å². The summed E-state index contributed by atoms with van der Waals surface area (Å²) in [6.07, 6.45) is 4.89. The van der Waals surface area contributed by atoms with E-state index < -0.39 is 0 Å². The first-order valence-corrected chi connectivity index (χ1v) is 8.57. The normalized spacial score (nSPS) is 13.2. The van der Waals surface area contributed by atoms with E-state index in [1.165, 1.54) is 0 Å². The number of imidazole rings is 1. The van der Waals surface area contributed by atoms with Crippen LogP contribution in [-0.4, -0.2) is 35.7 Å². The third kappa shape index (κ3) is 3.56. The van der Waals surface area contributed by atoms with Crippen LogP contribution in [0.1, 0.15) is 11.3 Å². The number of nitrogens with zero attached hydrogens (tertiary/aromatic N) is 3. The maximum Gasteiger partial charge on any atom is 0.231 e. The predicted molar refractivity (Wildman–Crippen MR) is 99.7 cm³/mol. The number of ether oxygens (including phenoxy) is 2. The molecule has 0 bridgehead atoms. The average Bonchev–Trinajstić information content (AvgIpc) is 3.30. The van der Waals surface area contributed by atoms with E-state index in [-0.39, 0.29) is 0 Å². The van der Waals surface area contributed by atoms with Crippen LogP contribution in [-0.2, 0) is 13.0 Å². The van der Waals surface area contributed by atoms with Gasteiger partial charge in [0, 0.05) is 39.0 Å². The van der Waals surface area contributed by atoms with E-state index in [1.807, 2.05) is 47.0 Å². The van der Waals surface area contributed by atoms with Crippen molar-refractivity contribution in [1.29, 1.82) is 0 Å². The zero-order chi connectivity index (χ0) is 17.8. The van der Waals surface area contributed by atoms with Gasteiger partial charge in [0.1, 0.15) is 5.65 Å². The van der Waals surface area contributed by atoms with Gasteiger partial charge in [0.25, 0.3) is 0 Å². The van der Waals surface area contributed by atoms with Gasteiger partial charge in [-0.1, -0.05) is 12.1 Å². The lowest BCUT2D eigenvalue weighted by Crippen LogP contribution is -2.37. The van der Waals surface area contributed by atoms with Crippen molar-refractivity contribution >= 4 is 11.6 Å². The predicted octanol–water partition coefficient (Wildman–Crippen LogP) is 1.97. The molecule has 3 heterocycles. The molecule has 26 heavy (non-hydrogen) atoms. The Bertz CT molecular complexity index is 902. The topological polar surface area (TPSA) is 72.2 Å². The largest absolute Gasteiger partial charge is 0.454 e. The van der Waals surface area contributed by atoms with Crippen molar-refractivity contribution in [3.63, 3.8) is 0 Å². The molecule has 3 aromatic rings. The van der Waals surface area contributed by atoms with Crippen LogP contribution in [0.4, 0.5) is 0 Å².